The van der Waals surface area contributed by atoms with Crippen LogP contribution in [-0.4, -0.2) is 39.3 Å². The highest BCUT2D eigenvalue weighted by atomic mass is 16.4. The van der Waals surface area contributed by atoms with Crippen LogP contribution in [0, 0.1) is 0 Å². The fourth-order valence-electron chi connectivity index (χ4n) is 0. The molecule has 0 saturated carbocycles. The molecule has 7 nitrogen and oxygen atoms in total. The summed E-state index contributed by atoms with van der Waals surface area (Å²) in [7, 11) is 0. The Balaban J connectivity index is 0. The molecular formula is C5H9NO6. The summed E-state index contributed by atoms with van der Waals surface area (Å²) in [4.78, 5) is 27.8. The molecule has 0 aromatic carbocycles. The van der Waals surface area contributed by atoms with Crippen molar-refractivity contribution in [2.75, 3.05) is 0 Å². The van der Waals surface area contributed by atoms with Crippen molar-refractivity contribution in [3.63, 3.8) is 0 Å². The first kappa shape index (κ1) is 13.0. The monoisotopic (exact) mass is 179 g/mol. The van der Waals surface area contributed by atoms with Crippen LogP contribution in [0.1, 0.15) is 6.92 Å². The van der Waals surface area contributed by atoms with Gasteiger partial charge in [-0.05, 0) is 6.92 Å². The maximum absolute atomic E-state index is 9.57. The van der Waals surface area contributed by atoms with Gasteiger partial charge in [0.2, 0.25) is 0 Å². The highest BCUT2D eigenvalue weighted by molar-refractivity contribution is 6.27. The van der Waals surface area contributed by atoms with Gasteiger partial charge in [-0.15, -0.1) is 0 Å². The second kappa shape index (κ2) is 6.10. The van der Waals surface area contributed by atoms with Crippen molar-refractivity contribution in [1.82, 2.24) is 0 Å². The van der Waals surface area contributed by atoms with E-state index in [4.69, 9.17) is 30.6 Å². The maximum atomic E-state index is 9.57. The molecule has 0 fully saturated rings. The van der Waals surface area contributed by atoms with Crippen LogP contribution >= 0.6 is 0 Å². The van der Waals surface area contributed by atoms with Crippen molar-refractivity contribution in [3.8, 4) is 0 Å². The van der Waals surface area contributed by atoms with Gasteiger partial charge in [0.15, 0.2) is 0 Å². The summed E-state index contributed by atoms with van der Waals surface area (Å²) in [6.07, 6.45) is 0. The third kappa shape index (κ3) is 11.2. The summed E-state index contributed by atoms with van der Waals surface area (Å²) in [5.41, 5.74) is 4.84. The van der Waals surface area contributed by atoms with Gasteiger partial charge in [-0.3, -0.25) is 4.79 Å². The van der Waals surface area contributed by atoms with Crippen LogP contribution in [0.2, 0.25) is 0 Å². The van der Waals surface area contributed by atoms with Crippen LogP contribution in [0.15, 0.2) is 0 Å². The van der Waals surface area contributed by atoms with Crippen LogP contribution in [0.25, 0.3) is 0 Å². The van der Waals surface area contributed by atoms with E-state index in [0.29, 0.717) is 0 Å². The Bertz CT molecular complexity index is 174. The average Bonchev–Trinajstić information content (AvgIpc) is 1.88. The molecule has 0 heterocycles. The summed E-state index contributed by atoms with van der Waals surface area (Å²) < 4.78 is 0. The number of aliphatic carboxylic acids is 3. The number of carboxylic acids is 3. The average molecular weight is 179 g/mol. The van der Waals surface area contributed by atoms with Crippen LogP contribution < -0.4 is 5.73 Å². The highest BCUT2D eigenvalue weighted by Gasteiger charge is 2.04. The quantitative estimate of drug-likeness (QED) is 0.362. The van der Waals surface area contributed by atoms with E-state index in [1.165, 1.54) is 6.92 Å². The predicted octanol–water partition coefficient (Wildman–Crippen LogP) is -1.43. The molecule has 0 aromatic heterocycles. The van der Waals surface area contributed by atoms with Gasteiger partial charge < -0.3 is 21.1 Å². The first-order valence-corrected chi connectivity index (χ1v) is 2.73. The molecule has 0 unspecified atom stereocenters. The van der Waals surface area contributed by atoms with E-state index in [1.807, 2.05) is 0 Å². The summed E-state index contributed by atoms with van der Waals surface area (Å²) >= 11 is 0. The van der Waals surface area contributed by atoms with Gasteiger partial charge in [0.05, 0.1) is 0 Å². The molecule has 5 N–H and O–H groups in total. The van der Waals surface area contributed by atoms with E-state index >= 15 is 0 Å². The molecule has 1 atom stereocenters. The Kier molecular flexibility index (Phi) is 6.61. The van der Waals surface area contributed by atoms with Crippen LogP contribution in [-0.2, 0) is 14.4 Å². The number of carboxylic acid groups (broad SMARTS) is 3. The first-order valence-electron chi connectivity index (χ1n) is 2.73. The number of hydrogen-bond acceptors (Lipinski definition) is 4. The van der Waals surface area contributed by atoms with Gasteiger partial charge in [-0.2, -0.15) is 0 Å². The number of carbonyl (C=O) groups is 3. The summed E-state index contributed by atoms with van der Waals surface area (Å²) in [5.74, 6) is -4.61. The second-order valence-electron chi connectivity index (χ2n) is 1.74. The van der Waals surface area contributed by atoms with E-state index in [1.54, 1.807) is 0 Å². The highest BCUT2D eigenvalue weighted by Crippen LogP contribution is 1.68. The minimum absolute atomic E-state index is 0.731. The molecule has 0 aliphatic carbocycles. The minimum Gasteiger partial charge on any atom is -0.480 e. The minimum atomic E-state index is -1.82. The molecule has 0 spiro atoms. The first-order chi connectivity index (χ1) is 5.29. The summed E-state index contributed by atoms with van der Waals surface area (Å²) in [6, 6.07) is -0.731. The zero-order chi connectivity index (χ0) is 10.3. The van der Waals surface area contributed by atoms with E-state index < -0.39 is 23.9 Å². The Morgan fingerprint density at radius 3 is 1.25 bits per heavy atom. The van der Waals surface area contributed by atoms with E-state index in [0.717, 1.165) is 0 Å². The molecule has 0 rings (SSSR count). The fraction of sp³-hybridized carbons (Fsp3) is 0.400. The van der Waals surface area contributed by atoms with Gasteiger partial charge in [0, 0.05) is 0 Å². The molecular weight excluding hydrogens is 170 g/mol. The molecule has 7 heteroatoms. The zero-order valence-electron chi connectivity index (χ0n) is 6.22. The molecule has 70 valence electrons. The molecule has 0 amide bonds. The summed E-state index contributed by atoms with van der Waals surface area (Å²) in [5, 5.41) is 22.6. The van der Waals surface area contributed by atoms with Gasteiger partial charge in [0.1, 0.15) is 6.04 Å². The van der Waals surface area contributed by atoms with Gasteiger partial charge in [-0.1, -0.05) is 0 Å². The van der Waals surface area contributed by atoms with Crippen molar-refractivity contribution in [2.24, 2.45) is 5.73 Å². The lowest BCUT2D eigenvalue weighted by Gasteiger charge is -1.90. The zero-order valence-corrected chi connectivity index (χ0v) is 6.22. The maximum Gasteiger partial charge on any atom is 0.414 e. The van der Waals surface area contributed by atoms with E-state index in [-0.39, 0.29) is 0 Å². The summed E-state index contributed by atoms with van der Waals surface area (Å²) in [6.45, 7) is 1.42. The van der Waals surface area contributed by atoms with Gasteiger partial charge >= 0.3 is 17.9 Å². The SMILES string of the molecule is C[C@H](N)C(=O)O.O=C(O)C(=O)O. The van der Waals surface area contributed by atoms with Crippen molar-refractivity contribution >= 4 is 17.9 Å². The van der Waals surface area contributed by atoms with Crippen LogP contribution in [0.3, 0.4) is 0 Å². The second-order valence-corrected chi connectivity index (χ2v) is 1.74. The Morgan fingerprint density at radius 1 is 1.08 bits per heavy atom. The molecule has 12 heavy (non-hydrogen) atoms. The molecule has 0 aliphatic rings. The Morgan fingerprint density at radius 2 is 1.25 bits per heavy atom. The molecule has 0 bridgehead atoms. The van der Waals surface area contributed by atoms with Crippen molar-refractivity contribution in [1.29, 1.82) is 0 Å². The molecule has 0 aliphatic heterocycles. The number of hydrogen-bond donors (Lipinski definition) is 4. The molecule has 0 radical (unpaired) electrons. The molecule has 0 aromatic rings. The van der Waals surface area contributed by atoms with Crippen molar-refractivity contribution in [3.05, 3.63) is 0 Å². The standard InChI is InChI=1S/C3H7NO2.C2H2O4/c1-2(4)3(5)6;3-1(4)2(5)6/h2H,4H2,1H3,(H,5,6);(H,3,4)(H,5,6)/t2-;/m0./s1. The van der Waals surface area contributed by atoms with Gasteiger partial charge in [0.25, 0.3) is 0 Å². The number of rotatable bonds is 1. The van der Waals surface area contributed by atoms with Crippen LogP contribution in [0.4, 0.5) is 0 Å². The lowest BCUT2D eigenvalue weighted by molar-refractivity contribution is -0.159. The van der Waals surface area contributed by atoms with Crippen molar-refractivity contribution in [2.45, 2.75) is 13.0 Å². The fourth-order valence-corrected chi connectivity index (χ4v) is 0. The van der Waals surface area contributed by atoms with E-state index in [2.05, 4.69) is 0 Å². The molecule has 0 saturated heterocycles. The van der Waals surface area contributed by atoms with Crippen LogP contribution in [0.5, 0.6) is 0 Å². The van der Waals surface area contributed by atoms with Gasteiger partial charge in [-0.25, -0.2) is 9.59 Å². The van der Waals surface area contributed by atoms with Crippen molar-refractivity contribution < 1.29 is 29.7 Å². The third-order valence-electron chi connectivity index (χ3n) is 0.572. The number of nitrogens with two attached hydrogens (primary N) is 1. The largest absolute Gasteiger partial charge is 0.480 e. The predicted molar refractivity (Wildman–Crippen MR) is 36.6 cm³/mol. The topological polar surface area (TPSA) is 138 Å². The van der Waals surface area contributed by atoms with E-state index in [9.17, 15) is 4.79 Å². The Hall–Kier alpha value is -1.63. The smallest absolute Gasteiger partial charge is 0.414 e. The Labute approximate surface area is 67.4 Å². The normalized spacial score (nSPS) is 10.5. The lowest BCUT2D eigenvalue weighted by Crippen LogP contribution is -2.25. The lowest BCUT2D eigenvalue weighted by atomic mass is 10.4. The third-order valence-corrected chi connectivity index (χ3v) is 0.572.